The first-order chi connectivity index (χ1) is 8.95. The largest absolute Gasteiger partial charge is 0.481 e. The van der Waals surface area contributed by atoms with Crippen LogP contribution in [0.1, 0.15) is 19.8 Å². The van der Waals surface area contributed by atoms with Gasteiger partial charge >= 0.3 is 11.7 Å². The lowest BCUT2D eigenvalue weighted by Gasteiger charge is -2.12. The van der Waals surface area contributed by atoms with Gasteiger partial charge in [0, 0.05) is 18.8 Å². The number of halogens is 1. The van der Waals surface area contributed by atoms with Gasteiger partial charge in [-0.05, 0) is 6.42 Å². The van der Waals surface area contributed by atoms with Crippen molar-refractivity contribution >= 4 is 29.1 Å². The SMILES string of the molecule is CCCC(CNc1ncc(Cl)cc1[N+](=O)[O-])C(=O)O. The molecule has 1 aromatic rings. The predicted octanol–water partition coefficient (Wildman–Crippen LogP) is 2.56. The van der Waals surface area contributed by atoms with E-state index in [0.717, 1.165) is 6.42 Å². The number of carbonyl (C=O) groups is 1. The Kier molecular flexibility index (Phi) is 5.50. The van der Waals surface area contributed by atoms with Crippen molar-refractivity contribution in [3.63, 3.8) is 0 Å². The van der Waals surface area contributed by atoms with E-state index >= 15 is 0 Å². The average molecular weight is 288 g/mol. The first kappa shape index (κ1) is 15.2. The second kappa shape index (κ2) is 6.89. The zero-order valence-corrected chi connectivity index (χ0v) is 11.1. The van der Waals surface area contributed by atoms with Crippen molar-refractivity contribution < 1.29 is 14.8 Å². The average Bonchev–Trinajstić information content (AvgIpc) is 2.35. The van der Waals surface area contributed by atoms with E-state index in [1.165, 1.54) is 12.3 Å². The highest BCUT2D eigenvalue weighted by Crippen LogP contribution is 2.25. The fraction of sp³-hybridized carbons (Fsp3) is 0.455. The lowest BCUT2D eigenvalue weighted by atomic mass is 10.0. The number of hydrogen-bond acceptors (Lipinski definition) is 5. The van der Waals surface area contributed by atoms with Crippen molar-refractivity contribution in [3.8, 4) is 0 Å². The Labute approximate surface area is 114 Å². The molecule has 1 rings (SSSR count). The number of nitro groups is 1. The Hall–Kier alpha value is -1.89. The number of carboxylic acid groups (broad SMARTS) is 1. The van der Waals surface area contributed by atoms with Crippen LogP contribution in [0.3, 0.4) is 0 Å². The van der Waals surface area contributed by atoms with Crippen LogP contribution in [0, 0.1) is 16.0 Å². The maximum atomic E-state index is 11.0. The molecular formula is C11H14ClN3O4. The highest BCUT2D eigenvalue weighted by atomic mass is 35.5. The van der Waals surface area contributed by atoms with Crippen molar-refractivity contribution in [2.75, 3.05) is 11.9 Å². The topological polar surface area (TPSA) is 105 Å². The number of hydrogen-bond donors (Lipinski definition) is 2. The van der Waals surface area contributed by atoms with E-state index in [9.17, 15) is 14.9 Å². The van der Waals surface area contributed by atoms with Crippen molar-refractivity contribution in [3.05, 3.63) is 27.4 Å². The molecule has 0 amide bonds. The number of nitrogens with one attached hydrogen (secondary N) is 1. The Balaban J connectivity index is 2.82. The molecule has 0 aliphatic rings. The number of pyridine rings is 1. The van der Waals surface area contributed by atoms with Crippen molar-refractivity contribution in [1.29, 1.82) is 0 Å². The molecule has 2 N–H and O–H groups in total. The molecule has 0 radical (unpaired) electrons. The van der Waals surface area contributed by atoms with Crippen molar-refractivity contribution in [2.45, 2.75) is 19.8 Å². The fourth-order valence-electron chi connectivity index (χ4n) is 1.59. The molecule has 19 heavy (non-hydrogen) atoms. The van der Waals surface area contributed by atoms with Crippen LogP contribution in [0.15, 0.2) is 12.3 Å². The summed E-state index contributed by atoms with van der Waals surface area (Å²) in [5.41, 5.74) is -0.270. The summed E-state index contributed by atoms with van der Waals surface area (Å²) in [4.78, 5) is 25.0. The standard InChI is InChI=1S/C11H14ClN3O4/c1-2-3-7(11(16)17)5-13-10-9(15(18)19)4-8(12)6-14-10/h4,6-7H,2-3,5H2,1H3,(H,13,14)(H,16,17). The third kappa shape index (κ3) is 4.36. The number of aromatic nitrogens is 1. The molecule has 1 aromatic heterocycles. The molecular weight excluding hydrogens is 274 g/mol. The first-order valence-corrected chi connectivity index (χ1v) is 6.10. The van der Waals surface area contributed by atoms with Gasteiger partial charge in [0.2, 0.25) is 5.82 Å². The number of rotatable bonds is 7. The van der Waals surface area contributed by atoms with Gasteiger partial charge in [0.15, 0.2) is 0 Å². The van der Waals surface area contributed by atoms with Crippen molar-refractivity contribution in [1.82, 2.24) is 4.98 Å². The highest BCUT2D eigenvalue weighted by Gasteiger charge is 2.20. The molecule has 7 nitrogen and oxygen atoms in total. The van der Waals surface area contributed by atoms with Gasteiger partial charge in [0.05, 0.1) is 15.9 Å². The van der Waals surface area contributed by atoms with E-state index in [0.29, 0.717) is 6.42 Å². The van der Waals surface area contributed by atoms with Crippen LogP contribution < -0.4 is 5.32 Å². The molecule has 0 aromatic carbocycles. The van der Waals surface area contributed by atoms with Crippen LogP contribution in [0.5, 0.6) is 0 Å². The molecule has 0 aliphatic heterocycles. The van der Waals surface area contributed by atoms with Crippen LogP contribution in [0.2, 0.25) is 5.02 Å². The van der Waals surface area contributed by atoms with Crippen molar-refractivity contribution in [2.24, 2.45) is 5.92 Å². The smallest absolute Gasteiger partial charge is 0.312 e. The molecule has 0 fully saturated rings. The Morgan fingerprint density at radius 2 is 2.37 bits per heavy atom. The van der Waals surface area contributed by atoms with E-state index in [-0.39, 0.29) is 23.1 Å². The minimum Gasteiger partial charge on any atom is -0.481 e. The number of aliphatic carboxylic acids is 1. The second-order valence-electron chi connectivity index (χ2n) is 3.98. The second-order valence-corrected chi connectivity index (χ2v) is 4.42. The molecule has 1 atom stereocenters. The fourth-order valence-corrected chi connectivity index (χ4v) is 1.74. The highest BCUT2D eigenvalue weighted by molar-refractivity contribution is 6.30. The predicted molar refractivity (Wildman–Crippen MR) is 70.4 cm³/mol. The van der Waals surface area contributed by atoms with Crippen LogP contribution in [-0.4, -0.2) is 27.5 Å². The van der Waals surface area contributed by atoms with E-state index in [2.05, 4.69) is 10.3 Å². The Morgan fingerprint density at radius 3 is 2.89 bits per heavy atom. The zero-order valence-electron chi connectivity index (χ0n) is 10.3. The maximum Gasteiger partial charge on any atom is 0.312 e. The summed E-state index contributed by atoms with van der Waals surface area (Å²) in [6.07, 6.45) is 2.48. The van der Waals surface area contributed by atoms with Crippen LogP contribution >= 0.6 is 11.6 Å². The summed E-state index contributed by atoms with van der Waals surface area (Å²) in [5.74, 6) is -1.52. The van der Waals surface area contributed by atoms with Gasteiger partial charge in [-0.25, -0.2) is 4.98 Å². The van der Waals surface area contributed by atoms with Gasteiger partial charge in [-0.15, -0.1) is 0 Å². The molecule has 0 saturated carbocycles. The molecule has 0 spiro atoms. The van der Waals surface area contributed by atoms with Gasteiger partial charge in [-0.2, -0.15) is 0 Å². The summed E-state index contributed by atoms with van der Waals surface area (Å²) in [6.45, 7) is 1.96. The minimum absolute atomic E-state index is 0.0248. The number of carboxylic acids is 1. The zero-order chi connectivity index (χ0) is 14.4. The third-order valence-corrected chi connectivity index (χ3v) is 2.74. The first-order valence-electron chi connectivity index (χ1n) is 5.72. The summed E-state index contributed by atoms with van der Waals surface area (Å²) in [5, 5.41) is 22.7. The molecule has 8 heteroatoms. The normalized spacial score (nSPS) is 11.9. The Morgan fingerprint density at radius 1 is 1.68 bits per heavy atom. The van der Waals surface area contributed by atoms with Crippen LogP contribution in [0.25, 0.3) is 0 Å². The summed E-state index contributed by atoms with van der Waals surface area (Å²) < 4.78 is 0. The van der Waals surface area contributed by atoms with E-state index in [4.69, 9.17) is 16.7 Å². The maximum absolute atomic E-state index is 11.0. The molecule has 104 valence electrons. The molecule has 0 saturated heterocycles. The monoisotopic (exact) mass is 287 g/mol. The molecule has 1 unspecified atom stereocenters. The molecule has 0 aliphatic carbocycles. The molecule has 0 bridgehead atoms. The van der Waals surface area contributed by atoms with Gasteiger partial charge in [-0.3, -0.25) is 14.9 Å². The molecule has 1 heterocycles. The Bertz CT molecular complexity index is 481. The summed E-state index contributed by atoms with van der Waals surface area (Å²) in [6, 6.07) is 1.17. The van der Waals surface area contributed by atoms with Crippen LogP contribution in [0.4, 0.5) is 11.5 Å². The summed E-state index contributed by atoms with van der Waals surface area (Å²) in [7, 11) is 0. The quantitative estimate of drug-likeness (QED) is 0.590. The third-order valence-electron chi connectivity index (χ3n) is 2.53. The lowest BCUT2D eigenvalue weighted by molar-refractivity contribution is -0.384. The van der Waals surface area contributed by atoms with Crippen LogP contribution in [-0.2, 0) is 4.79 Å². The van der Waals surface area contributed by atoms with Gasteiger partial charge in [0.25, 0.3) is 0 Å². The number of anilines is 1. The minimum atomic E-state index is -0.939. The van der Waals surface area contributed by atoms with E-state index in [1.54, 1.807) is 0 Å². The number of nitrogens with zero attached hydrogens (tertiary/aromatic N) is 2. The van der Waals surface area contributed by atoms with Gasteiger partial charge < -0.3 is 10.4 Å². The van der Waals surface area contributed by atoms with Gasteiger partial charge in [-0.1, -0.05) is 24.9 Å². The lowest BCUT2D eigenvalue weighted by Crippen LogP contribution is -2.23. The summed E-state index contributed by atoms with van der Waals surface area (Å²) >= 11 is 5.63. The van der Waals surface area contributed by atoms with E-state index < -0.39 is 16.8 Å². The van der Waals surface area contributed by atoms with E-state index in [1.807, 2.05) is 6.92 Å². The van der Waals surface area contributed by atoms with Gasteiger partial charge in [0.1, 0.15) is 0 Å².